The molecule has 5 aliphatic carbocycles. The first-order chi connectivity index (χ1) is 15.2. The molecule has 1 heterocycles. The van der Waals surface area contributed by atoms with Crippen molar-refractivity contribution in [2.75, 3.05) is 0 Å². The lowest BCUT2D eigenvalue weighted by molar-refractivity contribution is -0.136. The SMILES string of the molecule is C[C@@]1(O)CC[C@H]2C(CC[C@@H]3[C@@H]2CC[C@@]2(C)[C@H]3[C@@H]3C[C@@H]3[C@@H]2C(=O)Cn2ncc(C#N)c2Cl)C1. The number of fused-ring (bicyclic) bond motifs is 7. The number of aliphatic hydroxyl groups is 1. The number of halogens is 1. The highest BCUT2D eigenvalue weighted by atomic mass is 35.5. The Hall–Kier alpha value is -1.38. The standard InChI is InChI=1S/C26H34ClN3O2/c1-25(32)7-5-16-14(10-25)3-4-18-17(16)6-8-26(2)22(18)19-9-20(19)23(26)21(31)13-30-24(27)15(11-28)12-29-30/h12,14,16-20,22-23,32H,3-10,13H2,1-2H3/t14?,16-,17+,18+,19+,20-,22+,23+,25+,26-/m0/s1. The van der Waals surface area contributed by atoms with Crippen LogP contribution in [0.4, 0.5) is 0 Å². The lowest BCUT2D eigenvalue weighted by atomic mass is 9.48. The summed E-state index contributed by atoms with van der Waals surface area (Å²) in [5.74, 6) is 5.30. The number of carbonyl (C=O) groups excluding carboxylic acids is 1. The molecule has 0 amide bonds. The van der Waals surface area contributed by atoms with Crippen molar-refractivity contribution in [2.45, 2.75) is 77.4 Å². The number of carbonyl (C=O) groups is 1. The summed E-state index contributed by atoms with van der Waals surface area (Å²) in [6, 6.07) is 2.04. The minimum absolute atomic E-state index is 0.0938. The Balaban J connectivity index is 1.23. The maximum atomic E-state index is 13.6. The summed E-state index contributed by atoms with van der Waals surface area (Å²) < 4.78 is 1.52. The van der Waals surface area contributed by atoms with Crippen LogP contribution in [0.3, 0.4) is 0 Å². The van der Waals surface area contributed by atoms with Gasteiger partial charge in [-0.25, -0.2) is 4.68 Å². The molecule has 6 rings (SSSR count). The molecular formula is C26H34ClN3O2. The van der Waals surface area contributed by atoms with Crippen LogP contribution in [0.1, 0.15) is 70.8 Å². The third kappa shape index (κ3) is 2.98. The number of nitriles is 1. The highest BCUT2D eigenvalue weighted by molar-refractivity contribution is 6.30. The number of hydrogen-bond acceptors (Lipinski definition) is 4. The van der Waals surface area contributed by atoms with Gasteiger partial charge in [0.05, 0.1) is 11.8 Å². The van der Waals surface area contributed by atoms with Crippen LogP contribution in [0.2, 0.25) is 5.15 Å². The van der Waals surface area contributed by atoms with Crippen molar-refractivity contribution in [3.63, 3.8) is 0 Å². The van der Waals surface area contributed by atoms with E-state index in [-0.39, 0.29) is 28.8 Å². The molecule has 1 N–H and O–H groups in total. The summed E-state index contributed by atoms with van der Waals surface area (Å²) >= 11 is 6.28. The molecule has 5 nitrogen and oxygen atoms in total. The molecule has 0 radical (unpaired) electrons. The minimum Gasteiger partial charge on any atom is -0.390 e. The molecule has 1 aromatic heterocycles. The summed E-state index contributed by atoms with van der Waals surface area (Å²) in [4.78, 5) is 13.6. The topological polar surface area (TPSA) is 78.9 Å². The Morgan fingerprint density at radius 1 is 1.19 bits per heavy atom. The molecule has 5 fully saturated rings. The predicted molar refractivity (Wildman–Crippen MR) is 121 cm³/mol. The summed E-state index contributed by atoms with van der Waals surface area (Å²) in [5, 5.41) is 24.3. The average Bonchev–Trinajstić information content (AvgIpc) is 3.34. The van der Waals surface area contributed by atoms with Gasteiger partial charge in [-0.05, 0) is 105 Å². The normalized spacial score (nSPS) is 48.7. The monoisotopic (exact) mass is 455 g/mol. The number of rotatable bonds is 3. The van der Waals surface area contributed by atoms with E-state index >= 15 is 0 Å². The van der Waals surface area contributed by atoms with Gasteiger partial charge in [-0.3, -0.25) is 4.79 Å². The van der Waals surface area contributed by atoms with Crippen LogP contribution in [0, 0.1) is 64.1 Å². The first kappa shape index (κ1) is 21.2. The van der Waals surface area contributed by atoms with Gasteiger partial charge in [-0.2, -0.15) is 10.4 Å². The van der Waals surface area contributed by atoms with E-state index in [0.29, 0.717) is 29.2 Å². The van der Waals surface area contributed by atoms with E-state index in [9.17, 15) is 9.90 Å². The molecule has 1 aromatic rings. The van der Waals surface area contributed by atoms with Gasteiger partial charge in [-0.15, -0.1) is 0 Å². The average molecular weight is 456 g/mol. The van der Waals surface area contributed by atoms with Gasteiger partial charge in [0, 0.05) is 5.92 Å². The van der Waals surface area contributed by atoms with Crippen LogP contribution in [0.15, 0.2) is 6.20 Å². The van der Waals surface area contributed by atoms with Crippen molar-refractivity contribution in [1.29, 1.82) is 5.26 Å². The number of aromatic nitrogens is 2. The Labute approximate surface area is 195 Å². The third-order valence-electron chi connectivity index (χ3n) is 10.6. The zero-order valence-electron chi connectivity index (χ0n) is 19.1. The fraction of sp³-hybridized carbons (Fsp3) is 0.808. The van der Waals surface area contributed by atoms with Crippen LogP contribution in [0.5, 0.6) is 0 Å². The highest BCUT2D eigenvalue weighted by Crippen LogP contribution is 2.74. The molecule has 0 saturated heterocycles. The zero-order chi connectivity index (χ0) is 22.4. The number of hydrogen-bond donors (Lipinski definition) is 1. The summed E-state index contributed by atoms with van der Waals surface area (Å²) in [6.07, 6.45) is 10.7. The molecular weight excluding hydrogens is 422 g/mol. The molecule has 5 saturated carbocycles. The number of ketones is 1. The second kappa shape index (κ2) is 7.06. The van der Waals surface area contributed by atoms with Gasteiger partial charge >= 0.3 is 0 Å². The van der Waals surface area contributed by atoms with E-state index in [1.807, 2.05) is 13.0 Å². The number of Topliss-reactive ketones (excluding diaryl/α,β-unsaturated/α-hetero) is 1. The van der Waals surface area contributed by atoms with Crippen LogP contribution in [-0.4, -0.2) is 26.3 Å². The molecule has 0 aliphatic heterocycles. The van der Waals surface area contributed by atoms with Gasteiger partial charge in [0.25, 0.3) is 0 Å². The van der Waals surface area contributed by atoms with Gasteiger partial charge in [-0.1, -0.05) is 18.5 Å². The zero-order valence-corrected chi connectivity index (χ0v) is 19.9. The lowest BCUT2D eigenvalue weighted by Crippen LogP contribution is -2.52. The molecule has 172 valence electrons. The van der Waals surface area contributed by atoms with E-state index in [0.717, 1.165) is 37.0 Å². The van der Waals surface area contributed by atoms with Crippen molar-refractivity contribution in [3.8, 4) is 6.07 Å². The van der Waals surface area contributed by atoms with Crippen molar-refractivity contribution < 1.29 is 9.90 Å². The smallest absolute Gasteiger partial charge is 0.158 e. The first-order valence-electron chi connectivity index (χ1n) is 12.6. The maximum Gasteiger partial charge on any atom is 0.158 e. The van der Waals surface area contributed by atoms with Crippen LogP contribution >= 0.6 is 11.6 Å². The first-order valence-corrected chi connectivity index (χ1v) is 13.0. The number of nitrogens with zero attached hydrogens (tertiary/aromatic N) is 3. The molecule has 10 atom stereocenters. The second-order valence-electron chi connectivity index (χ2n) is 12.3. The highest BCUT2D eigenvalue weighted by Gasteiger charge is 2.70. The van der Waals surface area contributed by atoms with Crippen molar-refractivity contribution in [3.05, 3.63) is 16.9 Å². The fourth-order valence-corrected chi connectivity index (χ4v) is 9.65. The molecule has 0 bridgehead atoms. The molecule has 6 heteroatoms. The van der Waals surface area contributed by atoms with Crippen LogP contribution in [-0.2, 0) is 11.3 Å². The van der Waals surface area contributed by atoms with E-state index in [2.05, 4.69) is 12.0 Å². The quantitative estimate of drug-likeness (QED) is 0.706. The predicted octanol–water partition coefficient (Wildman–Crippen LogP) is 4.85. The molecule has 5 aliphatic rings. The van der Waals surface area contributed by atoms with E-state index in [1.165, 1.54) is 43.0 Å². The summed E-state index contributed by atoms with van der Waals surface area (Å²) in [5.41, 5.74) is -0.0395. The second-order valence-corrected chi connectivity index (χ2v) is 12.6. The summed E-state index contributed by atoms with van der Waals surface area (Å²) in [6.45, 7) is 4.62. The van der Waals surface area contributed by atoms with E-state index < -0.39 is 5.60 Å². The Kier molecular flexibility index (Phi) is 4.67. The van der Waals surface area contributed by atoms with Crippen LogP contribution in [0.25, 0.3) is 0 Å². The largest absolute Gasteiger partial charge is 0.390 e. The van der Waals surface area contributed by atoms with E-state index in [4.69, 9.17) is 16.9 Å². The molecule has 1 unspecified atom stereocenters. The minimum atomic E-state index is -0.469. The van der Waals surface area contributed by atoms with Gasteiger partial charge < -0.3 is 5.11 Å². The van der Waals surface area contributed by atoms with Gasteiger partial charge in [0.1, 0.15) is 23.3 Å². The Bertz CT molecular complexity index is 996. The van der Waals surface area contributed by atoms with Crippen LogP contribution < -0.4 is 0 Å². The van der Waals surface area contributed by atoms with Crippen molar-refractivity contribution in [2.24, 2.45) is 52.8 Å². The maximum absolute atomic E-state index is 13.6. The van der Waals surface area contributed by atoms with Crippen molar-refractivity contribution >= 4 is 17.4 Å². The molecule has 0 spiro atoms. The van der Waals surface area contributed by atoms with Gasteiger partial charge in [0.15, 0.2) is 5.78 Å². The van der Waals surface area contributed by atoms with Gasteiger partial charge in [0.2, 0.25) is 0 Å². The van der Waals surface area contributed by atoms with Crippen molar-refractivity contribution in [1.82, 2.24) is 9.78 Å². The Morgan fingerprint density at radius 3 is 2.72 bits per heavy atom. The third-order valence-corrected chi connectivity index (χ3v) is 11.0. The molecule has 0 aromatic carbocycles. The lowest BCUT2D eigenvalue weighted by Gasteiger charge is -2.57. The Morgan fingerprint density at radius 2 is 1.97 bits per heavy atom. The fourth-order valence-electron chi connectivity index (χ4n) is 9.46. The summed E-state index contributed by atoms with van der Waals surface area (Å²) in [7, 11) is 0. The van der Waals surface area contributed by atoms with E-state index in [1.54, 1.807) is 0 Å². The molecule has 32 heavy (non-hydrogen) atoms.